The van der Waals surface area contributed by atoms with Crippen molar-refractivity contribution in [1.82, 2.24) is 0 Å². The van der Waals surface area contributed by atoms with Crippen LogP contribution in [-0.2, 0) is 11.2 Å². The van der Waals surface area contributed by atoms with Gasteiger partial charge in [-0.1, -0.05) is 12.8 Å². The van der Waals surface area contributed by atoms with Gasteiger partial charge in [0.1, 0.15) is 40.4 Å². The largest absolute Gasteiger partial charge is 0.481 e. The molecule has 0 atom stereocenters. The second kappa shape index (κ2) is 15.1. The summed E-state index contributed by atoms with van der Waals surface area (Å²) in [4.78, 5) is 33.8. The molecule has 2 fully saturated rings. The van der Waals surface area contributed by atoms with Gasteiger partial charge in [-0.25, -0.2) is 27.7 Å². The lowest BCUT2D eigenvalue weighted by Crippen LogP contribution is -2.40. The molecular formula is C52H30F4N4O4S2. The molecule has 0 amide bonds. The van der Waals surface area contributed by atoms with Gasteiger partial charge in [-0.2, -0.15) is 10.5 Å². The Morgan fingerprint density at radius 2 is 0.985 bits per heavy atom. The number of thiophene rings is 2. The van der Waals surface area contributed by atoms with E-state index in [0.29, 0.717) is 21.3 Å². The zero-order chi connectivity index (χ0) is 45.8. The third kappa shape index (κ3) is 6.02. The Morgan fingerprint density at radius 3 is 1.39 bits per heavy atom. The number of hydrogen-bond acceptors (Lipinski definition) is 9. The van der Waals surface area contributed by atoms with Crippen molar-refractivity contribution in [3.63, 3.8) is 0 Å². The smallest absolute Gasteiger partial charge is 0.270 e. The van der Waals surface area contributed by atoms with Gasteiger partial charge in [0.2, 0.25) is 0 Å². The van der Waals surface area contributed by atoms with Crippen LogP contribution in [0.15, 0.2) is 70.9 Å². The SMILES string of the molecule is [C-]#[N+]C(C#N)=C1/C(=C/c2cc3c(s2)-c2cc4c(cc2C2(CCCCC2)O3)-c2sc(/C=C3\C(=O)c5cc(F)c(F)cc5C3=C(C#N)C#N)cc2OC42CCCCC2)C(=O)c2cc(F)c(F)cc21. The molecule has 14 heteroatoms. The van der Waals surface area contributed by atoms with Gasteiger partial charge in [0.05, 0.1) is 22.4 Å². The molecule has 11 rings (SSSR count). The van der Waals surface area contributed by atoms with Crippen LogP contribution in [0.3, 0.4) is 0 Å². The van der Waals surface area contributed by atoms with E-state index in [1.54, 1.807) is 12.2 Å². The van der Waals surface area contributed by atoms with Crippen LogP contribution >= 0.6 is 22.7 Å². The number of allylic oxidation sites excluding steroid dienone is 6. The van der Waals surface area contributed by atoms with Gasteiger partial charge >= 0.3 is 0 Å². The van der Waals surface area contributed by atoms with Gasteiger partial charge in [-0.05, 0) is 123 Å². The number of Topliss-reactive ketones (excluding diaryl/α,β-unsaturated/α-hetero) is 2. The number of nitriles is 3. The molecule has 0 bridgehead atoms. The molecule has 8 nitrogen and oxygen atoms in total. The van der Waals surface area contributed by atoms with Crippen LogP contribution in [-0.4, -0.2) is 11.6 Å². The lowest BCUT2D eigenvalue weighted by molar-refractivity contribution is 0.0205. The molecule has 4 aliphatic carbocycles. The summed E-state index contributed by atoms with van der Waals surface area (Å²) in [5.74, 6) is -4.91. The second-order valence-electron chi connectivity index (χ2n) is 17.3. The molecule has 6 aliphatic rings. The maximum absolute atomic E-state index is 14.6. The van der Waals surface area contributed by atoms with Crippen LogP contribution in [0.2, 0.25) is 0 Å². The molecule has 3 aromatic carbocycles. The van der Waals surface area contributed by atoms with E-state index in [0.717, 1.165) is 120 Å². The summed E-state index contributed by atoms with van der Waals surface area (Å²) in [7, 11) is 0. The van der Waals surface area contributed by atoms with Crippen LogP contribution in [0.5, 0.6) is 11.5 Å². The first-order valence-corrected chi connectivity index (χ1v) is 23.0. The minimum absolute atomic E-state index is 0.0183. The van der Waals surface area contributed by atoms with Crippen molar-refractivity contribution in [2.24, 2.45) is 0 Å². The minimum Gasteiger partial charge on any atom is -0.481 e. The Morgan fingerprint density at radius 1 is 0.576 bits per heavy atom. The number of ketones is 2. The van der Waals surface area contributed by atoms with Crippen molar-refractivity contribution in [3.8, 4) is 50.6 Å². The second-order valence-corrected chi connectivity index (χ2v) is 19.4. The number of nitrogens with zero attached hydrogens (tertiary/aromatic N) is 4. The van der Waals surface area contributed by atoms with E-state index in [2.05, 4.69) is 17.0 Å². The normalized spacial score (nSPS) is 19.9. The maximum atomic E-state index is 14.6. The lowest BCUT2D eigenvalue weighted by Gasteiger charge is -2.45. The standard InChI is InChI=1S/C52H30F4N4O4S2/c1-60-42(24-59)46-29-19-39(54)41(56)21-31(29)48(62)35(46)13-27-15-44-50(66-27)33-17-36-32(16-37(33)52(64-44)10-6-3-7-11-52)49-43(63-51(36)8-4-2-5-9-51)14-26(65-49)12-34-45(25(22-57)23-58)28-18-38(53)40(55)20-30(28)47(34)61/h12-21H,2-11H2/b34-12-,35-13-,46-42?. The van der Waals surface area contributed by atoms with Crippen molar-refractivity contribution in [1.29, 1.82) is 15.8 Å². The van der Waals surface area contributed by atoms with Crippen molar-refractivity contribution in [3.05, 3.63) is 149 Å². The molecule has 2 saturated carbocycles. The summed E-state index contributed by atoms with van der Waals surface area (Å²) in [5.41, 5.74) is 1.14. The fourth-order valence-corrected chi connectivity index (χ4v) is 12.9. The molecular weight excluding hydrogens is 885 g/mol. The van der Waals surface area contributed by atoms with E-state index in [1.165, 1.54) is 22.7 Å². The number of rotatable bonds is 2. The average molecular weight is 915 g/mol. The minimum atomic E-state index is -1.22. The van der Waals surface area contributed by atoms with Crippen molar-refractivity contribution in [2.45, 2.75) is 75.4 Å². The Hall–Kier alpha value is -7.36. The fourth-order valence-electron chi connectivity index (χ4n) is 10.8. The van der Waals surface area contributed by atoms with Crippen LogP contribution < -0.4 is 9.47 Å². The van der Waals surface area contributed by atoms with Gasteiger partial charge in [-0.15, -0.1) is 22.7 Å². The molecule has 66 heavy (non-hydrogen) atoms. The van der Waals surface area contributed by atoms with E-state index < -0.39 is 57.3 Å². The first kappa shape index (κ1) is 41.4. The Bertz CT molecular complexity index is 3160. The Labute approximate surface area is 383 Å². The zero-order valence-corrected chi connectivity index (χ0v) is 36.2. The number of ether oxygens (including phenoxy) is 2. The quantitative estimate of drug-likeness (QED) is 0.0746. The van der Waals surface area contributed by atoms with Gasteiger partial charge < -0.3 is 9.47 Å². The van der Waals surface area contributed by atoms with Crippen LogP contribution in [0.4, 0.5) is 17.6 Å². The number of halogens is 4. The molecule has 2 aliphatic heterocycles. The van der Waals surface area contributed by atoms with Gasteiger partial charge in [0.15, 0.2) is 34.8 Å². The Balaban J connectivity index is 1.08. The first-order valence-electron chi connectivity index (χ1n) is 21.4. The average Bonchev–Trinajstić information content (AvgIpc) is 4.05. The molecule has 0 saturated heterocycles. The number of carbonyl (C=O) groups is 2. The predicted molar refractivity (Wildman–Crippen MR) is 238 cm³/mol. The summed E-state index contributed by atoms with van der Waals surface area (Å²) in [6, 6.07) is 16.8. The molecule has 0 radical (unpaired) electrons. The highest BCUT2D eigenvalue weighted by Gasteiger charge is 2.48. The van der Waals surface area contributed by atoms with E-state index in [-0.39, 0.29) is 44.5 Å². The summed E-state index contributed by atoms with van der Waals surface area (Å²) in [6.07, 6.45) is 11.7. The Kier molecular flexibility index (Phi) is 9.46. The number of carbonyl (C=O) groups excluding carboxylic acids is 2. The molecule has 2 aromatic heterocycles. The summed E-state index contributed by atoms with van der Waals surface area (Å²) < 4.78 is 72.2. The highest BCUT2D eigenvalue weighted by Crippen LogP contribution is 2.61. The van der Waals surface area contributed by atoms with E-state index in [1.807, 2.05) is 30.3 Å². The van der Waals surface area contributed by atoms with Gasteiger partial charge in [0.25, 0.3) is 5.70 Å². The number of hydrogen-bond donors (Lipinski definition) is 0. The third-order valence-corrected chi connectivity index (χ3v) is 15.9. The molecule has 2 spiro atoms. The molecule has 4 heterocycles. The number of fused-ring (bicyclic) bond motifs is 10. The zero-order valence-electron chi connectivity index (χ0n) is 34.6. The summed E-state index contributed by atoms with van der Waals surface area (Å²) in [6.45, 7) is 7.68. The van der Waals surface area contributed by atoms with Gasteiger partial charge in [-0.3, -0.25) is 9.59 Å². The lowest BCUT2D eigenvalue weighted by atomic mass is 9.71. The van der Waals surface area contributed by atoms with Gasteiger partial charge in [0, 0.05) is 65.4 Å². The fraction of sp³-hybridized carbons (Fsp3) is 0.231. The maximum Gasteiger partial charge on any atom is 0.270 e. The van der Waals surface area contributed by atoms with Crippen LogP contribution in [0.1, 0.15) is 117 Å². The summed E-state index contributed by atoms with van der Waals surface area (Å²) >= 11 is 2.73. The first-order chi connectivity index (χ1) is 31.9. The molecule has 322 valence electrons. The predicted octanol–water partition coefficient (Wildman–Crippen LogP) is 13.3. The third-order valence-electron chi connectivity index (χ3n) is 13.7. The van der Waals surface area contributed by atoms with Crippen molar-refractivity contribution < 1.29 is 36.6 Å². The van der Waals surface area contributed by atoms with Crippen molar-refractivity contribution in [2.75, 3.05) is 0 Å². The number of benzene rings is 3. The summed E-state index contributed by atoms with van der Waals surface area (Å²) in [5, 5.41) is 29.7. The molecule has 0 unspecified atom stereocenters. The molecule has 5 aromatic rings. The highest BCUT2D eigenvalue weighted by atomic mass is 32.1. The van der Waals surface area contributed by atoms with E-state index in [9.17, 15) is 42.9 Å². The van der Waals surface area contributed by atoms with E-state index in [4.69, 9.17) is 16.0 Å². The molecule has 0 N–H and O–H groups in total. The van der Waals surface area contributed by atoms with E-state index >= 15 is 0 Å². The van der Waals surface area contributed by atoms with Crippen LogP contribution in [0, 0.1) is 63.8 Å². The monoisotopic (exact) mass is 914 g/mol. The van der Waals surface area contributed by atoms with Crippen molar-refractivity contribution >= 4 is 57.5 Å². The topological polar surface area (TPSA) is 128 Å². The highest BCUT2D eigenvalue weighted by molar-refractivity contribution is 7.17. The van der Waals surface area contributed by atoms with Crippen LogP contribution in [0.25, 0.3) is 49.0 Å².